The molecule has 0 bridgehead atoms. The van der Waals surface area contributed by atoms with Crippen LogP contribution in [0.3, 0.4) is 0 Å². The van der Waals surface area contributed by atoms with E-state index in [0.717, 1.165) is 34.4 Å². The van der Waals surface area contributed by atoms with E-state index in [1.807, 2.05) is 62.4 Å². The van der Waals surface area contributed by atoms with Gasteiger partial charge in [0.1, 0.15) is 11.8 Å². The van der Waals surface area contributed by atoms with Crippen molar-refractivity contribution in [3.05, 3.63) is 131 Å². The number of nitrogens with one attached hydrogen (secondary N) is 3. The lowest BCUT2D eigenvalue weighted by Gasteiger charge is -2.37. The second-order valence-electron chi connectivity index (χ2n) is 11.8. The van der Waals surface area contributed by atoms with Crippen LogP contribution in [0.15, 0.2) is 109 Å². The molecular formula is C38H46N4O4. The molecule has 8 heteroatoms. The number of carbonyl (C=O) groups excluding carboxylic acids is 2. The minimum atomic E-state index is -0.760. The topological polar surface area (TPSA) is 126 Å². The summed E-state index contributed by atoms with van der Waals surface area (Å²) >= 11 is 0. The Morgan fingerprint density at radius 3 is 1.87 bits per heavy atom. The molecule has 242 valence electrons. The number of unbranched alkanes of at least 4 members (excludes halogenated alkanes) is 1. The molecule has 0 heterocycles. The Bertz CT molecular complexity index is 1470. The number of aliphatic hydroxyl groups is 1. The van der Waals surface area contributed by atoms with Gasteiger partial charge in [-0.25, -0.2) is 0 Å². The molecule has 0 radical (unpaired) electrons. The van der Waals surface area contributed by atoms with E-state index in [9.17, 15) is 14.7 Å². The quantitative estimate of drug-likeness (QED) is 0.0848. The highest BCUT2D eigenvalue weighted by Gasteiger charge is 2.36. The average Bonchev–Trinajstić information content (AvgIpc) is 3.10. The van der Waals surface area contributed by atoms with Gasteiger partial charge in [0.25, 0.3) is 0 Å². The second-order valence-corrected chi connectivity index (χ2v) is 11.8. The van der Waals surface area contributed by atoms with Gasteiger partial charge in [0.15, 0.2) is 0 Å². The van der Waals surface area contributed by atoms with Crippen molar-refractivity contribution in [3.8, 4) is 5.75 Å². The van der Waals surface area contributed by atoms with Gasteiger partial charge < -0.3 is 26.2 Å². The molecular weight excluding hydrogens is 576 g/mol. The fraction of sp³-hybridized carbons (Fsp3) is 0.316. The van der Waals surface area contributed by atoms with Crippen molar-refractivity contribution in [1.29, 1.82) is 0 Å². The molecule has 4 rings (SSSR count). The second kappa shape index (κ2) is 16.7. The van der Waals surface area contributed by atoms with Crippen molar-refractivity contribution in [2.24, 2.45) is 11.7 Å². The zero-order chi connectivity index (χ0) is 32.9. The Kier molecular flexibility index (Phi) is 12.5. The van der Waals surface area contributed by atoms with E-state index in [4.69, 9.17) is 10.5 Å². The molecule has 6 N–H and O–H groups in total. The molecule has 0 aliphatic carbocycles. The molecule has 4 aromatic carbocycles. The van der Waals surface area contributed by atoms with Crippen LogP contribution >= 0.6 is 0 Å². The van der Waals surface area contributed by atoms with E-state index in [2.05, 4.69) is 52.3 Å². The van der Waals surface area contributed by atoms with Gasteiger partial charge in [-0.3, -0.25) is 14.9 Å². The molecule has 4 aromatic rings. The van der Waals surface area contributed by atoms with Crippen LogP contribution in [0.25, 0.3) is 0 Å². The van der Waals surface area contributed by atoms with Gasteiger partial charge in [0.05, 0.1) is 25.3 Å². The van der Waals surface area contributed by atoms with E-state index in [0.29, 0.717) is 25.1 Å². The number of benzene rings is 4. The largest absolute Gasteiger partial charge is 0.497 e. The van der Waals surface area contributed by atoms with E-state index < -0.39 is 17.6 Å². The predicted octanol–water partition coefficient (Wildman–Crippen LogP) is 5.35. The molecule has 0 aliphatic rings. The molecule has 0 aliphatic heterocycles. The van der Waals surface area contributed by atoms with E-state index in [1.54, 1.807) is 31.4 Å². The Morgan fingerprint density at radius 1 is 0.783 bits per heavy atom. The van der Waals surface area contributed by atoms with Gasteiger partial charge >= 0.3 is 0 Å². The number of aliphatic hydroxyl groups excluding tert-OH is 1. The van der Waals surface area contributed by atoms with Crippen molar-refractivity contribution in [2.45, 2.75) is 57.3 Å². The first-order valence-corrected chi connectivity index (χ1v) is 15.9. The van der Waals surface area contributed by atoms with Crippen LogP contribution in [0, 0.1) is 5.92 Å². The van der Waals surface area contributed by atoms with Gasteiger partial charge in [-0.1, -0.05) is 98.8 Å². The summed E-state index contributed by atoms with van der Waals surface area (Å²) in [5.74, 6) is 0.0541. The zero-order valence-corrected chi connectivity index (χ0v) is 26.9. The maximum absolute atomic E-state index is 13.4. The lowest BCUT2D eigenvalue weighted by molar-refractivity contribution is -0.128. The minimum absolute atomic E-state index is 0.0685. The van der Waals surface area contributed by atoms with Gasteiger partial charge in [-0.2, -0.15) is 0 Å². The van der Waals surface area contributed by atoms with Crippen LogP contribution in [0.1, 0.15) is 55.4 Å². The molecule has 2 amide bonds. The highest BCUT2D eigenvalue weighted by molar-refractivity contribution is 5.97. The van der Waals surface area contributed by atoms with Crippen LogP contribution in [0.4, 0.5) is 5.69 Å². The van der Waals surface area contributed by atoms with Crippen molar-refractivity contribution in [2.75, 3.05) is 19.0 Å². The van der Waals surface area contributed by atoms with Crippen LogP contribution in [-0.2, 0) is 21.7 Å². The number of amides is 2. The summed E-state index contributed by atoms with van der Waals surface area (Å²) in [6.07, 6.45) is 1.86. The number of hydrogen-bond acceptors (Lipinski definition) is 6. The standard InChI is InChI=1S/C38H46N4O4/c1-27(2)35(39)37(45)42-34(36(44)41-32-21-17-28(26-43)18-22-32)16-10-11-25-40-38(29-12-6-4-7-13-29,30-14-8-5-9-15-30)31-19-23-33(46-3)24-20-31/h4-9,12-15,17-24,27,34-35,40,43H,10-11,16,25-26,39H2,1-3H3,(H,41,44)(H,42,45)/t34-,35-/m0/s1. The van der Waals surface area contributed by atoms with Crippen molar-refractivity contribution >= 4 is 17.5 Å². The normalized spacial score (nSPS) is 12.7. The first-order chi connectivity index (χ1) is 22.3. The molecule has 0 fully saturated rings. The summed E-state index contributed by atoms with van der Waals surface area (Å²) in [4.78, 5) is 26.3. The Hall–Kier alpha value is -4.50. The number of methoxy groups -OCH3 is 1. The fourth-order valence-corrected chi connectivity index (χ4v) is 5.54. The first kappa shape index (κ1) is 34.4. The molecule has 0 saturated carbocycles. The SMILES string of the molecule is COc1ccc(C(NCCCC[C@H](NC(=O)[C@@H](N)C(C)C)C(=O)Nc2ccc(CO)cc2)(c2ccccc2)c2ccccc2)cc1. The molecule has 0 aromatic heterocycles. The Labute approximate surface area is 272 Å². The molecule has 2 atom stereocenters. The summed E-state index contributed by atoms with van der Waals surface area (Å²) in [5, 5.41) is 19.0. The molecule has 0 saturated heterocycles. The lowest BCUT2D eigenvalue weighted by Crippen LogP contribution is -2.51. The van der Waals surface area contributed by atoms with Crippen LogP contribution in [-0.4, -0.2) is 42.7 Å². The highest BCUT2D eigenvalue weighted by Crippen LogP contribution is 2.37. The minimum Gasteiger partial charge on any atom is -0.497 e. The van der Waals surface area contributed by atoms with Crippen LogP contribution in [0.2, 0.25) is 0 Å². The summed E-state index contributed by atoms with van der Waals surface area (Å²) in [7, 11) is 1.66. The zero-order valence-electron chi connectivity index (χ0n) is 26.9. The maximum atomic E-state index is 13.4. The number of ether oxygens (including phenoxy) is 1. The summed E-state index contributed by atoms with van der Waals surface area (Å²) in [6.45, 7) is 4.32. The van der Waals surface area contributed by atoms with Gasteiger partial charge in [-0.15, -0.1) is 0 Å². The lowest BCUT2D eigenvalue weighted by atomic mass is 9.77. The predicted molar refractivity (Wildman–Crippen MR) is 183 cm³/mol. The summed E-state index contributed by atoms with van der Waals surface area (Å²) < 4.78 is 5.45. The smallest absolute Gasteiger partial charge is 0.246 e. The first-order valence-electron chi connectivity index (χ1n) is 15.9. The number of hydrogen-bond donors (Lipinski definition) is 5. The Balaban J connectivity index is 1.52. The molecule has 0 unspecified atom stereocenters. The number of nitrogens with two attached hydrogens (primary N) is 1. The van der Waals surface area contributed by atoms with E-state index in [1.165, 1.54) is 0 Å². The van der Waals surface area contributed by atoms with Crippen LogP contribution < -0.4 is 26.4 Å². The van der Waals surface area contributed by atoms with Crippen molar-refractivity contribution < 1.29 is 19.4 Å². The van der Waals surface area contributed by atoms with Crippen molar-refractivity contribution in [3.63, 3.8) is 0 Å². The summed E-state index contributed by atoms with van der Waals surface area (Å²) in [6, 6.07) is 34.3. The maximum Gasteiger partial charge on any atom is 0.246 e. The van der Waals surface area contributed by atoms with Gasteiger partial charge in [0.2, 0.25) is 11.8 Å². The molecule has 0 spiro atoms. The van der Waals surface area contributed by atoms with E-state index in [-0.39, 0.29) is 24.3 Å². The van der Waals surface area contributed by atoms with Gasteiger partial charge in [-0.05, 0) is 78.2 Å². The number of anilines is 1. The van der Waals surface area contributed by atoms with Crippen LogP contribution in [0.5, 0.6) is 5.75 Å². The molecule has 8 nitrogen and oxygen atoms in total. The van der Waals surface area contributed by atoms with Gasteiger partial charge in [0, 0.05) is 5.69 Å². The third-order valence-corrected chi connectivity index (χ3v) is 8.30. The third-order valence-electron chi connectivity index (χ3n) is 8.30. The highest BCUT2D eigenvalue weighted by atomic mass is 16.5. The third kappa shape index (κ3) is 8.60. The fourth-order valence-electron chi connectivity index (χ4n) is 5.54. The van der Waals surface area contributed by atoms with E-state index >= 15 is 0 Å². The Morgan fingerprint density at radius 2 is 1.35 bits per heavy atom. The number of rotatable bonds is 16. The molecule has 46 heavy (non-hydrogen) atoms. The average molecular weight is 623 g/mol. The summed E-state index contributed by atoms with van der Waals surface area (Å²) in [5.41, 5.74) is 10.1. The monoisotopic (exact) mass is 622 g/mol. The van der Waals surface area contributed by atoms with Crippen molar-refractivity contribution in [1.82, 2.24) is 10.6 Å². The number of carbonyl (C=O) groups is 2.